The second kappa shape index (κ2) is 5.51. The molecule has 2 amide bonds. The summed E-state index contributed by atoms with van der Waals surface area (Å²) in [5, 5.41) is 9.44. The third kappa shape index (κ3) is 2.45. The first-order chi connectivity index (χ1) is 10.4. The van der Waals surface area contributed by atoms with Gasteiger partial charge >= 0.3 is 0 Å². The van der Waals surface area contributed by atoms with Gasteiger partial charge in [-0.15, -0.1) is 0 Å². The first kappa shape index (κ1) is 15.2. The van der Waals surface area contributed by atoms with Crippen molar-refractivity contribution in [1.82, 2.24) is 4.90 Å². The summed E-state index contributed by atoms with van der Waals surface area (Å²) < 4.78 is 0. The van der Waals surface area contributed by atoms with Crippen LogP contribution >= 0.6 is 0 Å². The number of aliphatic hydroxyl groups is 1. The van der Waals surface area contributed by atoms with Crippen LogP contribution in [0.15, 0.2) is 35.5 Å². The minimum atomic E-state index is -0.470. The van der Waals surface area contributed by atoms with E-state index in [1.54, 1.807) is 0 Å². The van der Waals surface area contributed by atoms with Crippen LogP contribution in [0.4, 0.5) is 0 Å². The van der Waals surface area contributed by atoms with E-state index in [4.69, 9.17) is 0 Å². The number of allylic oxidation sites excluding steroid dienone is 5. The minimum Gasteiger partial charge on any atom is -0.396 e. The summed E-state index contributed by atoms with van der Waals surface area (Å²) in [4.78, 5) is 26.9. The van der Waals surface area contributed by atoms with Gasteiger partial charge in [0.15, 0.2) is 0 Å². The van der Waals surface area contributed by atoms with E-state index in [2.05, 4.69) is 6.08 Å². The lowest BCUT2D eigenvalue weighted by Crippen LogP contribution is -2.40. The standard InChI is InChI=1S/C18H23NO3/c1-18(2,11-20)10-19-16(21)14-9-5-7-12-6-3-4-8-13(12)15(14)17(19)22/h3-4,6,8,12,14,20H,5,7,9-11H2,1-2H3. The zero-order valence-electron chi connectivity index (χ0n) is 13.2. The highest BCUT2D eigenvalue weighted by molar-refractivity contribution is 6.15. The largest absolute Gasteiger partial charge is 0.396 e. The number of likely N-dealkylation sites (tertiary alicyclic amines) is 1. The number of aliphatic hydroxyl groups excluding tert-OH is 1. The summed E-state index contributed by atoms with van der Waals surface area (Å²) in [6.45, 7) is 3.96. The molecule has 0 radical (unpaired) electrons. The number of imide groups is 1. The van der Waals surface area contributed by atoms with E-state index in [0.717, 1.165) is 24.8 Å². The van der Waals surface area contributed by atoms with Gasteiger partial charge in [0.25, 0.3) is 5.91 Å². The maximum atomic E-state index is 12.9. The van der Waals surface area contributed by atoms with Crippen LogP contribution in [0.1, 0.15) is 33.1 Å². The molecule has 3 aliphatic rings. The van der Waals surface area contributed by atoms with Gasteiger partial charge in [-0.2, -0.15) is 0 Å². The Balaban J connectivity index is 1.99. The summed E-state index contributed by atoms with van der Waals surface area (Å²) in [7, 11) is 0. The monoisotopic (exact) mass is 301 g/mol. The molecule has 1 fully saturated rings. The van der Waals surface area contributed by atoms with Crippen LogP contribution in [0.5, 0.6) is 0 Å². The van der Waals surface area contributed by atoms with Crippen LogP contribution in [-0.4, -0.2) is 35.0 Å². The average molecular weight is 301 g/mol. The van der Waals surface area contributed by atoms with Crippen molar-refractivity contribution in [2.75, 3.05) is 13.2 Å². The molecule has 0 spiro atoms. The number of hydrogen-bond acceptors (Lipinski definition) is 3. The Morgan fingerprint density at radius 3 is 2.77 bits per heavy atom. The fourth-order valence-corrected chi connectivity index (χ4v) is 3.59. The van der Waals surface area contributed by atoms with Crippen LogP contribution in [0.3, 0.4) is 0 Å². The normalized spacial score (nSPS) is 28.0. The molecule has 118 valence electrons. The minimum absolute atomic E-state index is 0.0497. The molecule has 3 rings (SSSR count). The molecule has 0 saturated carbocycles. The highest BCUT2D eigenvalue weighted by atomic mass is 16.3. The highest BCUT2D eigenvalue weighted by Gasteiger charge is 2.47. The average Bonchev–Trinajstić information content (AvgIpc) is 2.67. The first-order valence-electron chi connectivity index (χ1n) is 8.00. The van der Waals surface area contributed by atoms with Crippen molar-refractivity contribution in [2.45, 2.75) is 33.1 Å². The van der Waals surface area contributed by atoms with E-state index in [1.807, 2.05) is 32.1 Å². The summed E-state index contributed by atoms with van der Waals surface area (Å²) in [6.07, 6.45) is 10.8. The van der Waals surface area contributed by atoms with E-state index < -0.39 is 5.41 Å². The number of carbonyl (C=O) groups excluding carboxylic acids is 2. The topological polar surface area (TPSA) is 57.6 Å². The molecule has 1 aliphatic heterocycles. The van der Waals surface area contributed by atoms with Crippen molar-refractivity contribution < 1.29 is 14.7 Å². The van der Waals surface area contributed by atoms with Gasteiger partial charge in [-0.3, -0.25) is 14.5 Å². The van der Waals surface area contributed by atoms with E-state index in [-0.39, 0.29) is 36.8 Å². The Morgan fingerprint density at radius 1 is 1.27 bits per heavy atom. The maximum Gasteiger partial charge on any atom is 0.257 e. The van der Waals surface area contributed by atoms with Gasteiger partial charge in [0.1, 0.15) is 0 Å². The number of amides is 2. The number of fused-ring (bicyclic) bond motifs is 2. The van der Waals surface area contributed by atoms with Crippen molar-refractivity contribution in [3.8, 4) is 0 Å². The van der Waals surface area contributed by atoms with Gasteiger partial charge < -0.3 is 5.11 Å². The van der Waals surface area contributed by atoms with E-state index in [9.17, 15) is 14.7 Å². The van der Waals surface area contributed by atoms with Crippen LogP contribution in [0.2, 0.25) is 0 Å². The third-order valence-electron chi connectivity index (χ3n) is 4.85. The number of hydrogen-bond donors (Lipinski definition) is 1. The Hall–Kier alpha value is -1.68. The van der Waals surface area contributed by atoms with E-state index in [1.165, 1.54) is 4.90 Å². The van der Waals surface area contributed by atoms with Crippen LogP contribution in [0, 0.1) is 17.3 Å². The van der Waals surface area contributed by atoms with E-state index in [0.29, 0.717) is 5.57 Å². The number of nitrogens with zero attached hydrogens (tertiary/aromatic N) is 1. The van der Waals surface area contributed by atoms with Crippen molar-refractivity contribution in [1.29, 1.82) is 0 Å². The number of carbonyl (C=O) groups is 2. The Labute approximate surface area is 131 Å². The maximum absolute atomic E-state index is 12.9. The molecule has 2 atom stereocenters. The smallest absolute Gasteiger partial charge is 0.257 e. The lowest BCUT2D eigenvalue weighted by atomic mass is 9.87. The van der Waals surface area contributed by atoms with Crippen LogP contribution in [0.25, 0.3) is 0 Å². The summed E-state index contributed by atoms with van der Waals surface area (Å²) >= 11 is 0. The third-order valence-corrected chi connectivity index (χ3v) is 4.85. The molecule has 0 aromatic rings. The van der Waals surface area contributed by atoms with Gasteiger partial charge in [-0.25, -0.2) is 0 Å². The predicted octanol–water partition coefficient (Wildman–Crippen LogP) is 2.21. The summed E-state index contributed by atoms with van der Waals surface area (Å²) in [6, 6.07) is 0. The predicted molar refractivity (Wildman–Crippen MR) is 83.7 cm³/mol. The number of rotatable bonds is 3. The quantitative estimate of drug-likeness (QED) is 0.813. The zero-order chi connectivity index (χ0) is 15.9. The van der Waals surface area contributed by atoms with Gasteiger partial charge in [0, 0.05) is 30.1 Å². The molecular weight excluding hydrogens is 278 g/mol. The molecule has 4 nitrogen and oxygen atoms in total. The molecule has 0 aromatic carbocycles. The molecule has 1 N–H and O–H groups in total. The van der Waals surface area contributed by atoms with Crippen molar-refractivity contribution in [3.63, 3.8) is 0 Å². The summed E-state index contributed by atoms with van der Waals surface area (Å²) in [5.74, 6) is -0.276. The fourth-order valence-electron chi connectivity index (χ4n) is 3.59. The molecule has 2 aliphatic carbocycles. The first-order valence-corrected chi connectivity index (χ1v) is 8.00. The summed E-state index contributed by atoms with van der Waals surface area (Å²) in [5.41, 5.74) is 1.25. The van der Waals surface area contributed by atoms with Crippen LogP contribution in [-0.2, 0) is 9.59 Å². The molecule has 4 heteroatoms. The van der Waals surface area contributed by atoms with Crippen molar-refractivity contribution in [3.05, 3.63) is 35.5 Å². The lowest BCUT2D eigenvalue weighted by molar-refractivity contribution is -0.141. The van der Waals surface area contributed by atoms with Gasteiger partial charge in [-0.1, -0.05) is 44.6 Å². The molecule has 2 unspecified atom stereocenters. The molecule has 1 saturated heterocycles. The van der Waals surface area contributed by atoms with Gasteiger partial charge in [0.05, 0.1) is 5.92 Å². The second-order valence-corrected chi connectivity index (χ2v) is 7.25. The van der Waals surface area contributed by atoms with Crippen molar-refractivity contribution >= 4 is 11.8 Å². The Morgan fingerprint density at radius 2 is 2.05 bits per heavy atom. The van der Waals surface area contributed by atoms with Gasteiger partial charge in [0.2, 0.25) is 5.91 Å². The second-order valence-electron chi connectivity index (χ2n) is 7.25. The van der Waals surface area contributed by atoms with Crippen LogP contribution < -0.4 is 0 Å². The SMILES string of the molecule is CC(C)(CO)CN1C(=O)C2=C3C=CC=CC3CCCC2C1=O. The van der Waals surface area contributed by atoms with Crippen molar-refractivity contribution in [2.24, 2.45) is 17.3 Å². The van der Waals surface area contributed by atoms with E-state index >= 15 is 0 Å². The Kier molecular flexibility index (Phi) is 3.81. The Bertz CT molecular complexity index is 597. The fraction of sp³-hybridized carbons (Fsp3) is 0.556. The van der Waals surface area contributed by atoms with Gasteiger partial charge in [-0.05, 0) is 18.4 Å². The molecule has 0 bridgehead atoms. The molecule has 1 heterocycles. The zero-order valence-corrected chi connectivity index (χ0v) is 13.2. The molecular formula is C18H23NO3. The lowest BCUT2D eigenvalue weighted by Gasteiger charge is -2.27. The molecule has 22 heavy (non-hydrogen) atoms. The molecule has 0 aromatic heterocycles. The highest BCUT2D eigenvalue weighted by Crippen LogP contribution is 2.41.